The van der Waals surface area contributed by atoms with Crippen molar-refractivity contribution in [3.05, 3.63) is 28.2 Å². The van der Waals surface area contributed by atoms with Gasteiger partial charge in [0.15, 0.2) is 0 Å². The van der Waals surface area contributed by atoms with E-state index in [0.29, 0.717) is 0 Å². The Balaban J connectivity index is 3.03. The highest BCUT2D eigenvalue weighted by Crippen LogP contribution is 2.27. The van der Waals surface area contributed by atoms with Crippen LogP contribution in [-0.4, -0.2) is 11.4 Å². The van der Waals surface area contributed by atoms with Crippen LogP contribution in [0.1, 0.15) is 18.6 Å². The highest BCUT2D eigenvalue weighted by atomic mass is 79.9. The summed E-state index contributed by atoms with van der Waals surface area (Å²) in [4.78, 5) is 1.20. The Bertz CT molecular complexity index is 273. The Hall–Kier alpha value is 0.01000. The maximum Gasteiger partial charge on any atom is 0.0772 e. The van der Waals surface area contributed by atoms with Crippen molar-refractivity contribution < 1.29 is 5.11 Å². The molecule has 0 aliphatic heterocycles. The second-order valence-corrected chi connectivity index (χ2v) is 4.30. The summed E-state index contributed by atoms with van der Waals surface area (Å²) in [5.74, 6) is 0. The van der Waals surface area contributed by atoms with Gasteiger partial charge in [-0.3, -0.25) is 0 Å². The number of halogens is 1. The molecule has 0 saturated heterocycles. The summed E-state index contributed by atoms with van der Waals surface area (Å²) in [6.07, 6.45) is 1.62. The van der Waals surface area contributed by atoms with Crippen LogP contribution in [0.15, 0.2) is 27.6 Å². The monoisotopic (exact) mass is 246 g/mol. The zero-order valence-corrected chi connectivity index (χ0v) is 9.45. The van der Waals surface area contributed by atoms with E-state index >= 15 is 0 Å². The zero-order valence-electron chi connectivity index (χ0n) is 7.04. The van der Waals surface area contributed by atoms with Gasteiger partial charge in [0.1, 0.15) is 0 Å². The van der Waals surface area contributed by atoms with Gasteiger partial charge >= 0.3 is 0 Å². The molecule has 0 aliphatic carbocycles. The van der Waals surface area contributed by atoms with E-state index in [-0.39, 0.29) is 0 Å². The van der Waals surface area contributed by atoms with Gasteiger partial charge in [-0.25, -0.2) is 0 Å². The molecule has 66 valence electrons. The zero-order chi connectivity index (χ0) is 9.14. The van der Waals surface area contributed by atoms with Gasteiger partial charge in [0.25, 0.3) is 0 Å². The van der Waals surface area contributed by atoms with Gasteiger partial charge < -0.3 is 5.11 Å². The van der Waals surface area contributed by atoms with Crippen molar-refractivity contribution in [3.63, 3.8) is 0 Å². The van der Waals surface area contributed by atoms with Crippen LogP contribution in [0.2, 0.25) is 0 Å². The van der Waals surface area contributed by atoms with Crippen molar-refractivity contribution in [2.75, 3.05) is 6.26 Å². The highest BCUT2D eigenvalue weighted by molar-refractivity contribution is 9.10. The van der Waals surface area contributed by atoms with E-state index < -0.39 is 6.10 Å². The van der Waals surface area contributed by atoms with Crippen LogP contribution < -0.4 is 0 Å². The number of hydrogen-bond acceptors (Lipinski definition) is 2. The lowest BCUT2D eigenvalue weighted by Gasteiger charge is -2.08. The molecule has 0 aromatic heterocycles. The Kier molecular flexibility index (Phi) is 3.62. The first-order valence-electron chi connectivity index (χ1n) is 3.66. The normalized spacial score (nSPS) is 13.0. The molecule has 1 aromatic rings. The van der Waals surface area contributed by atoms with E-state index in [1.807, 2.05) is 24.5 Å². The van der Waals surface area contributed by atoms with Crippen LogP contribution in [0.4, 0.5) is 0 Å². The molecular weight excluding hydrogens is 236 g/mol. The summed E-state index contributed by atoms with van der Waals surface area (Å²) in [7, 11) is 0. The van der Waals surface area contributed by atoms with Crippen LogP contribution in [0.3, 0.4) is 0 Å². The fourth-order valence-corrected chi connectivity index (χ4v) is 2.28. The summed E-state index contributed by atoms with van der Waals surface area (Å²) in [5.41, 5.74) is 0.938. The fourth-order valence-electron chi connectivity index (χ4n) is 0.974. The number of rotatable bonds is 2. The van der Waals surface area contributed by atoms with Gasteiger partial charge in [-0.1, -0.05) is 22.0 Å². The number of aliphatic hydroxyl groups is 1. The van der Waals surface area contributed by atoms with Crippen molar-refractivity contribution in [1.29, 1.82) is 0 Å². The third-order valence-corrected chi connectivity index (χ3v) is 3.07. The minimum atomic E-state index is -0.407. The molecule has 0 radical (unpaired) electrons. The smallest absolute Gasteiger partial charge is 0.0772 e. The quantitative estimate of drug-likeness (QED) is 0.809. The van der Waals surface area contributed by atoms with E-state index in [1.165, 1.54) is 4.90 Å². The lowest BCUT2D eigenvalue weighted by atomic mass is 10.1. The van der Waals surface area contributed by atoms with Gasteiger partial charge in [0, 0.05) is 9.37 Å². The third-order valence-electron chi connectivity index (χ3n) is 1.66. The molecule has 0 unspecified atom stereocenters. The highest BCUT2D eigenvalue weighted by Gasteiger charge is 2.05. The molecule has 0 fully saturated rings. The third kappa shape index (κ3) is 2.25. The standard InChI is InChI=1S/C9H11BrOS/c1-6(11)8-4-3-7(12-2)5-9(8)10/h3-6,11H,1-2H3/t6-/m0/s1. The molecule has 0 saturated carbocycles. The molecule has 1 rings (SSSR count). The maximum atomic E-state index is 9.33. The number of thioether (sulfide) groups is 1. The molecule has 0 aliphatic rings. The van der Waals surface area contributed by atoms with Crippen molar-refractivity contribution in [2.45, 2.75) is 17.9 Å². The number of aliphatic hydroxyl groups excluding tert-OH is 1. The average Bonchev–Trinajstić information content (AvgIpc) is 2.03. The van der Waals surface area contributed by atoms with Gasteiger partial charge in [0.2, 0.25) is 0 Å². The van der Waals surface area contributed by atoms with Crippen molar-refractivity contribution >= 4 is 27.7 Å². The first-order valence-corrected chi connectivity index (χ1v) is 5.68. The minimum Gasteiger partial charge on any atom is -0.389 e. The SMILES string of the molecule is CSc1ccc([C@H](C)O)c(Br)c1. The molecule has 0 heterocycles. The van der Waals surface area contributed by atoms with Crippen LogP contribution in [0.25, 0.3) is 0 Å². The second kappa shape index (κ2) is 4.30. The molecular formula is C9H11BrOS. The Morgan fingerprint density at radius 1 is 1.50 bits per heavy atom. The largest absolute Gasteiger partial charge is 0.389 e. The average molecular weight is 247 g/mol. The summed E-state index contributed by atoms with van der Waals surface area (Å²) in [6, 6.07) is 5.98. The molecule has 1 atom stereocenters. The Morgan fingerprint density at radius 2 is 2.17 bits per heavy atom. The van der Waals surface area contributed by atoms with Crippen LogP contribution in [-0.2, 0) is 0 Å². The minimum absolute atomic E-state index is 0.407. The van der Waals surface area contributed by atoms with Crippen molar-refractivity contribution in [2.24, 2.45) is 0 Å². The van der Waals surface area contributed by atoms with Gasteiger partial charge in [-0.05, 0) is 30.9 Å². The molecule has 1 N–H and O–H groups in total. The lowest BCUT2D eigenvalue weighted by molar-refractivity contribution is 0.198. The summed E-state index contributed by atoms with van der Waals surface area (Å²) in [5, 5.41) is 9.33. The number of benzene rings is 1. The predicted molar refractivity (Wildman–Crippen MR) is 56.6 cm³/mol. The van der Waals surface area contributed by atoms with Crippen LogP contribution >= 0.6 is 27.7 Å². The fraction of sp³-hybridized carbons (Fsp3) is 0.333. The lowest BCUT2D eigenvalue weighted by Crippen LogP contribution is -1.91. The summed E-state index contributed by atoms with van der Waals surface area (Å²) >= 11 is 5.11. The van der Waals surface area contributed by atoms with Gasteiger partial charge in [-0.15, -0.1) is 11.8 Å². The Labute approximate surface area is 85.3 Å². The van der Waals surface area contributed by atoms with E-state index in [2.05, 4.69) is 15.9 Å². The first-order chi connectivity index (χ1) is 5.65. The molecule has 1 nitrogen and oxygen atoms in total. The molecule has 12 heavy (non-hydrogen) atoms. The molecule has 3 heteroatoms. The van der Waals surface area contributed by atoms with Crippen molar-refractivity contribution in [1.82, 2.24) is 0 Å². The molecule has 1 aromatic carbocycles. The van der Waals surface area contributed by atoms with Crippen LogP contribution in [0, 0.1) is 0 Å². The van der Waals surface area contributed by atoms with Crippen molar-refractivity contribution in [3.8, 4) is 0 Å². The van der Waals surface area contributed by atoms with Gasteiger partial charge in [0.05, 0.1) is 6.10 Å². The summed E-state index contributed by atoms with van der Waals surface area (Å²) in [6.45, 7) is 1.76. The van der Waals surface area contributed by atoms with Crippen LogP contribution in [0.5, 0.6) is 0 Å². The predicted octanol–water partition coefficient (Wildman–Crippen LogP) is 3.22. The molecule has 0 spiro atoms. The first kappa shape index (κ1) is 10.1. The molecule has 0 amide bonds. The topological polar surface area (TPSA) is 20.2 Å². The van der Waals surface area contributed by atoms with E-state index in [4.69, 9.17) is 0 Å². The van der Waals surface area contributed by atoms with E-state index in [0.717, 1.165) is 10.0 Å². The van der Waals surface area contributed by atoms with Gasteiger partial charge in [-0.2, -0.15) is 0 Å². The Morgan fingerprint density at radius 3 is 2.58 bits per heavy atom. The second-order valence-electron chi connectivity index (χ2n) is 2.56. The maximum absolute atomic E-state index is 9.33. The number of hydrogen-bond donors (Lipinski definition) is 1. The van der Waals surface area contributed by atoms with E-state index in [1.54, 1.807) is 18.7 Å². The molecule has 0 bridgehead atoms. The van der Waals surface area contributed by atoms with E-state index in [9.17, 15) is 5.11 Å². The summed E-state index contributed by atoms with van der Waals surface area (Å²) < 4.78 is 0.976.